The lowest BCUT2D eigenvalue weighted by Gasteiger charge is -2.29. The fraction of sp³-hybridized carbons (Fsp3) is 0.222. The van der Waals surface area contributed by atoms with E-state index in [-0.39, 0.29) is 5.91 Å². The number of hydrogen-bond donors (Lipinski definition) is 1. The van der Waals surface area contributed by atoms with Crippen molar-refractivity contribution in [3.8, 4) is 6.07 Å². The lowest BCUT2D eigenvalue weighted by molar-refractivity contribution is 0.102. The van der Waals surface area contributed by atoms with E-state index < -0.39 is 0 Å². The van der Waals surface area contributed by atoms with Crippen LogP contribution in [0.1, 0.15) is 15.9 Å². The number of halogens is 1. The number of nitrogens with one attached hydrogen (secondary N) is 1. The van der Waals surface area contributed by atoms with Gasteiger partial charge in [-0.25, -0.2) is 0 Å². The first kappa shape index (κ1) is 16.7. The van der Waals surface area contributed by atoms with E-state index in [9.17, 15) is 4.79 Å². The summed E-state index contributed by atoms with van der Waals surface area (Å²) in [5.74, 6) is 1.98. The van der Waals surface area contributed by atoms with Crippen molar-refractivity contribution in [1.82, 2.24) is 0 Å². The van der Waals surface area contributed by atoms with Crippen LogP contribution in [-0.4, -0.2) is 30.5 Å². The van der Waals surface area contributed by atoms with Gasteiger partial charge in [-0.1, -0.05) is 11.6 Å². The van der Waals surface area contributed by atoms with Crippen LogP contribution in [0.5, 0.6) is 0 Å². The molecule has 0 radical (unpaired) electrons. The van der Waals surface area contributed by atoms with E-state index in [1.54, 1.807) is 30.3 Å². The van der Waals surface area contributed by atoms with Gasteiger partial charge in [-0.3, -0.25) is 4.79 Å². The van der Waals surface area contributed by atoms with Crippen molar-refractivity contribution < 1.29 is 4.79 Å². The quantitative estimate of drug-likeness (QED) is 0.901. The van der Waals surface area contributed by atoms with Crippen molar-refractivity contribution in [3.63, 3.8) is 0 Å². The van der Waals surface area contributed by atoms with Gasteiger partial charge in [-0.15, -0.1) is 0 Å². The van der Waals surface area contributed by atoms with Crippen LogP contribution >= 0.6 is 23.4 Å². The van der Waals surface area contributed by atoms with Crippen LogP contribution in [0.15, 0.2) is 42.5 Å². The van der Waals surface area contributed by atoms with Crippen LogP contribution in [-0.2, 0) is 0 Å². The number of hydrogen-bond acceptors (Lipinski definition) is 4. The molecule has 0 spiro atoms. The molecule has 1 saturated heterocycles. The van der Waals surface area contributed by atoms with E-state index in [2.05, 4.69) is 10.2 Å². The second-order valence-corrected chi connectivity index (χ2v) is 7.04. The third-order valence-electron chi connectivity index (χ3n) is 3.83. The molecule has 1 aliphatic heterocycles. The molecule has 1 aliphatic rings. The van der Waals surface area contributed by atoms with E-state index in [1.807, 2.05) is 30.0 Å². The Morgan fingerprint density at radius 3 is 2.50 bits per heavy atom. The molecule has 6 heteroatoms. The summed E-state index contributed by atoms with van der Waals surface area (Å²) in [4.78, 5) is 14.5. The highest BCUT2D eigenvalue weighted by atomic mass is 35.5. The van der Waals surface area contributed by atoms with Gasteiger partial charge in [0.15, 0.2) is 0 Å². The Bertz CT molecular complexity index is 780. The zero-order valence-electron chi connectivity index (χ0n) is 13.0. The molecule has 0 unspecified atom stereocenters. The largest absolute Gasteiger partial charge is 0.369 e. The summed E-state index contributed by atoms with van der Waals surface area (Å²) in [6.45, 7) is 1.97. The van der Waals surface area contributed by atoms with Crippen LogP contribution < -0.4 is 10.2 Å². The zero-order valence-corrected chi connectivity index (χ0v) is 14.5. The minimum Gasteiger partial charge on any atom is -0.369 e. The fourth-order valence-electron chi connectivity index (χ4n) is 2.54. The molecular formula is C18H16ClN3OS. The molecule has 2 aromatic carbocycles. The highest BCUT2D eigenvalue weighted by Gasteiger charge is 2.15. The third-order valence-corrected chi connectivity index (χ3v) is 5.08. The maximum atomic E-state index is 12.3. The number of amides is 1. The molecule has 0 aromatic heterocycles. The number of anilines is 2. The van der Waals surface area contributed by atoms with Crippen molar-refractivity contribution in [2.24, 2.45) is 0 Å². The van der Waals surface area contributed by atoms with Crippen molar-refractivity contribution in [3.05, 3.63) is 58.6 Å². The third kappa shape index (κ3) is 3.84. The van der Waals surface area contributed by atoms with E-state index in [0.717, 1.165) is 30.3 Å². The number of benzene rings is 2. The SMILES string of the molecule is N#Cc1ccc(C(=O)Nc2ccc(N3CCSCC3)c(Cl)c2)cc1. The van der Waals surface area contributed by atoms with E-state index in [1.165, 1.54) is 0 Å². The second-order valence-electron chi connectivity index (χ2n) is 5.41. The first-order valence-corrected chi connectivity index (χ1v) is 9.14. The Labute approximate surface area is 150 Å². The minimum absolute atomic E-state index is 0.224. The highest BCUT2D eigenvalue weighted by molar-refractivity contribution is 7.99. The lowest BCUT2D eigenvalue weighted by atomic mass is 10.1. The van der Waals surface area contributed by atoms with Gasteiger partial charge in [-0.2, -0.15) is 17.0 Å². The van der Waals surface area contributed by atoms with Crippen molar-refractivity contribution in [2.75, 3.05) is 34.8 Å². The zero-order chi connectivity index (χ0) is 16.9. The summed E-state index contributed by atoms with van der Waals surface area (Å²) < 4.78 is 0. The second kappa shape index (κ2) is 7.61. The Balaban J connectivity index is 1.71. The summed E-state index contributed by atoms with van der Waals surface area (Å²) in [6, 6.07) is 14.1. The summed E-state index contributed by atoms with van der Waals surface area (Å²) in [7, 11) is 0. The van der Waals surface area contributed by atoms with Gasteiger partial charge in [0, 0.05) is 35.8 Å². The number of thioether (sulfide) groups is 1. The molecule has 0 aliphatic carbocycles. The summed E-state index contributed by atoms with van der Waals surface area (Å²) >= 11 is 8.35. The van der Waals surface area contributed by atoms with Crippen LogP contribution in [0.2, 0.25) is 5.02 Å². The molecule has 3 rings (SSSR count). The predicted molar refractivity (Wildman–Crippen MR) is 100 cm³/mol. The van der Waals surface area contributed by atoms with Gasteiger partial charge in [0.05, 0.1) is 22.3 Å². The van der Waals surface area contributed by atoms with Gasteiger partial charge >= 0.3 is 0 Å². The van der Waals surface area contributed by atoms with E-state index in [0.29, 0.717) is 21.8 Å². The predicted octanol–water partition coefficient (Wildman–Crippen LogP) is 4.02. The molecule has 0 atom stereocenters. The first-order chi connectivity index (χ1) is 11.7. The molecule has 1 N–H and O–H groups in total. The molecule has 0 bridgehead atoms. The van der Waals surface area contributed by atoms with Gasteiger partial charge in [-0.05, 0) is 42.5 Å². The van der Waals surface area contributed by atoms with E-state index >= 15 is 0 Å². The van der Waals surface area contributed by atoms with Gasteiger partial charge in [0.25, 0.3) is 5.91 Å². The minimum atomic E-state index is -0.224. The Kier molecular flexibility index (Phi) is 5.29. The molecular weight excluding hydrogens is 342 g/mol. The fourth-order valence-corrected chi connectivity index (χ4v) is 3.75. The number of carbonyl (C=O) groups excluding carboxylic acids is 1. The smallest absolute Gasteiger partial charge is 0.255 e. The molecule has 24 heavy (non-hydrogen) atoms. The number of rotatable bonds is 3. The Morgan fingerprint density at radius 2 is 1.88 bits per heavy atom. The molecule has 2 aromatic rings. The number of nitrogens with zero attached hydrogens (tertiary/aromatic N) is 2. The van der Waals surface area contributed by atoms with Crippen LogP contribution in [0, 0.1) is 11.3 Å². The van der Waals surface area contributed by atoms with Crippen molar-refractivity contribution >= 4 is 40.6 Å². The Morgan fingerprint density at radius 1 is 1.17 bits per heavy atom. The Hall–Kier alpha value is -2.16. The summed E-state index contributed by atoms with van der Waals surface area (Å²) in [5.41, 5.74) is 2.69. The summed E-state index contributed by atoms with van der Waals surface area (Å²) in [6.07, 6.45) is 0. The molecule has 0 saturated carbocycles. The van der Waals surface area contributed by atoms with Gasteiger partial charge in [0.1, 0.15) is 0 Å². The van der Waals surface area contributed by atoms with E-state index in [4.69, 9.17) is 16.9 Å². The van der Waals surface area contributed by atoms with Crippen LogP contribution in [0.3, 0.4) is 0 Å². The van der Waals surface area contributed by atoms with Gasteiger partial charge in [0.2, 0.25) is 0 Å². The molecule has 4 nitrogen and oxygen atoms in total. The first-order valence-electron chi connectivity index (χ1n) is 7.61. The molecule has 1 heterocycles. The summed E-state index contributed by atoms with van der Waals surface area (Å²) in [5, 5.41) is 12.3. The normalized spacial score (nSPS) is 14.1. The van der Waals surface area contributed by atoms with Crippen molar-refractivity contribution in [2.45, 2.75) is 0 Å². The van der Waals surface area contributed by atoms with Crippen LogP contribution in [0.4, 0.5) is 11.4 Å². The standard InChI is InChI=1S/C18H16ClN3OS/c19-16-11-15(5-6-17(16)22-7-9-24-10-8-22)21-18(23)14-3-1-13(12-20)2-4-14/h1-6,11H,7-10H2,(H,21,23). The maximum Gasteiger partial charge on any atom is 0.255 e. The molecule has 1 fully saturated rings. The van der Waals surface area contributed by atoms with Crippen molar-refractivity contribution in [1.29, 1.82) is 5.26 Å². The number of carbonyl (C=O) groups is 1. The molecule has 1 amide bonds. The monoisotopic (exact) mass is 357 g/mol. The molecule has 122 valence electrons. The topological polar surface area (TPSA) is 56.1 Å². The average Bonchev–Trinajstić information content (AvgIpc) is 2.62. The maximum absolute atomic E-state index is 12.3. The highest BCUT2D eigenvalue weighted by Crippen LogP contribution is 2.30. The van der Waals surface area contributed by atoms with Gasteiger partial charge < -0.3 is 10.2 Å². The average molecular weight is 358 g/mol. The van der Waals surface area contributed by atoms with Crippen LogP contribution in [0.25, 0.3) is 0 Å². The number of nitriles is 1. The lowest BCUT2D eigenvalue weighted by Crippen LogP contribution is -2.32.